The van der Waals surface area contributed by atoms with Gasteiger partial charge in [-0.2, -0.15) is 8.78 Å². The molecule has 0 fully saturated rings. The molecule has 5 aromatic carbocycles. The number of fused-ring (bicyclic) bond motifs is 5. The first-order valence-corrected chi connectivity index (χ1v) is 19.2. The van der Waals surface area contributed by atoms with Gasteiger partial charge in [0.15, 0.2) is 12.4 Å². The summed E-state index contributed by atoms with van der Waals surface area (Å²) in [5.41, 5.74) is 8.81. The molecule has 0 N–H and O–H groups in total. The summed E-state index contributed by atoms with van der Waals surface area (Å²) < 4.78 is 59.5. The van der Waals surface area contributed by atoms with Crippen molar-refractivity contribution in [2.24, 2.45) is 11.1 Å². The van der Waals surface area contributed by atoms with Crippen LogP contribution in [0, 0.1) is 26.7 Å². The van der Waals surface area contributed by atoms with Gasteiger partial charge < -0.3 is 9.57 Å². The van der Waals surface area contributed by atoms with Crippen LogP contribution in [0.5, 0.6) is 5.75 Å². The molecule has 0 spiro atoms. The van der Waals surface area contributed by atoms with Crippen LogP contribution >= 0.6 is 0 Å². The number of aryl methyl sites for hydroxylation is 3. The van der Waals surface area contributed by atoms with Gasteiger partial charge in [0.1, 0.15) is 11.5 Å². The number of carbonyl (C=O) groups excluding carboxylic acids is 2. The first kappa shape index (κ1) is 40.4. The summed E-state index contributed by atoms with van der Waals surface area (Å²) in [6.45, 7) is 9.97. The maximum Gasteiger partial charge on any atom is 0.340 e. The van der Waals surface area contributed by atoms with Gasteiger partial charge in [-0.25, -0.2) is 13.6 Å². The van der Waals surface area contributed by atoms with E-state index in [1.165, 1.54) is 25.1 Å². The van der Waals surface area contributed by atoms with E-state index < -0.39 is 24.9 Å². The molecule has 0 aromatic heterocycles. The average molecular weight is 766 g/mol. The summed E-state index contributed by atoms with van der Waals surface area (Å²) in [6, 6.07) is 25.9. The SMILES string of the molecule is CCCCC(CC)CC1c2ccc(/C(=N\OC(C)=O)c3ccccc3OCC(F)(F)C(F)F)cc2-c2cc(C(=O)c3c(C)cc(C)cc3C)c3ccccc3c21. The van der Waals surface area contributed by atoms with E-state index in [0.717, 1.165) is 81.8 Å². The number of hydrogen-bond donors (Lipinski definition) is 0. The molecular weight excluding hydrogens is 719 g/mol. The fraction of sp³-hybridized carbons (Fsp3) is 0.340. The lowest BCUT2D eigenvalue weighted by molar-refractivity contribution is -0.148. The topological polar surface area (TPSA) is 65.0 Å². The largest absolute Gasteiger partial charge is 0.486 e. The highest BCUT2D eigenvalue weighted by Gasteiger charge is 2.42. The molecule has 0 amide bonds. The van der Waals surface area contributed by atoms with E-state index in [1.807, 2.05) is 75.4 Å². The van der Waals surface area contributed by atoms with Gasteiger partial charge in [0.25, 0.3) is 0 Å². The first-order valence-electron chi connectivity index (χ1n) is 19.2. The van der Waals surface area contributed by atoms with Gasteiger partial charge in [-0.3, -0.25) is 4.79 Å². The van der Waals surface area contributed by atoms with Crippen LogP contribution in [0.15, 0.2) is 90.1 Å². The fourth-order valence-electron chi connectivity index (χ4n) is 8.20. The summed E-state index contributed by atoms with van der Waals surface area (Å²) in [6.07, 6.45) is 1.29. The zero-order valence-electron chi connectivity index (χ0n) is 32.6. The second kappa shape index (κ2) is 16.8. The van der Waals surface area contributed by atoms with Gasteiger partial charge in [-0.1, -0.05) is 111 Å². The second-order valence-electron chi connectivity index (χ2n) is 14.9. The number of ether oxygens (including phenoxy) is 1. The van der Waals surface area contributed by atoms with Crippen LogP contribution in [0.1, 0.15) is 114 Å². The summed E-state index contributed by atoms with van der Waals surface area (Å²) in [5.74, 6) is -4.86. The molecule has 0 bridgehead atoms. The third kappa shape index (κ3) is 8.13. The van der Waals surface area contributed by atoms with Crippen LogP contribution in [-0.4, -0.2) is 36.4 Å². The molecule has 1 aliphatic rings. The molecule has 0 heterocycles. The Bertz CT molecular complexity index is 2290. The summed E-state index contributed by atoms with van der Waals surface area (Å²) in [4.78, 5) is 31.9. The van der Waals surface area contributed by atoms with Gasteiger partial charge in [0.2, 0.25) is 0 Å². The molecule has 2 atom stereocenters. The zero-order chi connectivity index (χ0) is 40.3. The summed E-state index contributed by atoms with van der Waals surface area (Å²) in [7, 11) is 0. The predicted molar refractivity (Wildman–Crippen MR) is 214 cm³/mol. The highest BCUT2D eigenvalue weighted by atomic mass is 19.3. The number of unbranched alkanes of at least 4 members (excludes halogenated alkanes) is 1. The molecule has 0 radical (unpaired) electrons. The molecule has 2 unspecified atom stereocenters. The van der Waals surface area contributed by atoms with E-state index in [1.54, 1.807) is 6.07 Å². The van der Waals surface area contributed by atoms with Gasteiger partial charge in [-0.15, -0.1) is 0 Å². The van der Waals surface area contributed by atoms with E-state index >= 15 is 0 Å². The number of halogens is 4. The van der Waals surface area contributed by atoms with Crippen LogP contribution in [0.2, 0.25) is 0 Å². The molecule has 1 aliphatic carbocycles. The minimum atomic E-state index is -4.40. The highest BCUT2D eigenvalue weighted by Crippen LogP contribution is 2.52. The van der Waals surface area contributed by atoms with Gasteiger partial charge in [0, 0.05) is 35.1 Å². The second-order valence-corrected chi connectivity index (χ2v) is 14.9. The van der Waals surface area contributed by atoms with Crippen molar-refractivity contribution in [1.29, 1.82) is 0 Å². The molecular formula is C47H47F4NO4. The first-order chi connectivity index (χ1) is 26.7. The standard InChI is InChI=1S/C47H47F4NO4/c1-7-9-14-31(8-2)23-38-34-20-19-32(44(52-56-30(6)53)36-17-12-13-18-41(36)55-26-47(50,51)46(48)49)24-37(34)39-25-40(33-15-10-11-16-35(33)43(38)39)45(54)42-28(4)21-27(3)22-29(42)5/h10-13,15-22,24-25,31,38,46H,7-9,14,23,26H2,1-6H3/b52-44+. The van der Waals surface area contributed by atoms with Crippen molar-refractivity contribution in [3.8, 4) is 16.9 Å². The smallest absolute Gasteiger partial charge is 0.340 e. The number of para-hydroxylation sites is 1. The van der Waals surface area contributed by atoms with Crippen molar-refractivity contribution < 1.29 is 36.7 Å². The minimum Gasteiger partial charge on any atom is -0.486 e. The van der Waals surface area contributed by atoms with Crippen LogP contribution in [0.3, 0.4) is 0 Å². The lowest BCUT2D eigenvalue weighted by atomic mass is 9.81. The monoisotopic (exact) mass is 765 g/mol. The van der Waals surface area contributed by atoms with Crippen molar-refractivity contribution in [2.75, 3.05) is 6.61 Å². The summed E-state index contributed by atoms with van der Waals surface area (Å²) >= 11 is 0. The zero-order valence-corrected chi connectivity index (χ0v) is 32.6. The van der Waals surface area contributed by atoms with E-state index in [-0.39, 0.29) is 28.7 Å². The number of carbonyl (C=O) groups is 2. The number of oxime groups is 1. The number of alkyl halides is 4. The Labute approximate surface area is 325 Å². The number of benzene rings is 5. The van der Waals surface area contributed by atoms with Crippen LogP contribution in [0.25, 0.3) is 21.9 Å². The summed E-state index contributed by atoms with van der Waals surface area (Å²) in [5, 5.41) is 6.03. The third-order valence-electron chi connectivity index (χ3n) is 10.8. The molecule has 0 saturated heterocycles. The fourth-order valence-corrected chi connectivity index (χ4v) is 8.20. The normalized spacial score (nSPS) is 14.5. The van der Waals surface area contributed by atoms with Gasteiger partial charge >= 0.3 is 18.3 Å². The molecule has 9 heteroatoms. The molecule has 292 valence electrons. The Balaban J connectivity index is 1.57. The minimum absolute atomic E-state index is 0.00816. The molecule has 5 nitrogen and oxygen atoms in total. The van der Waals surface area contributed by atoms with Gasteiger partial charge in [0.05, 0.1) is 0 Å². The van der Waals surface area contributed by atoms with Gasteiger partial charge in [-0.05, 0) is 102 Å². The molecule has 0 saturated carbocycles. The predicted octanol–water partition coefficient (Wildman–Crippen LogP) is 12.3. The number of hydrogen-bond acceptors (Lipinski definition) is 5. The lowest BCUT2D eigenvalue weighted by Gasteiger charge is -2.23. The molecule has 6 rings (SSSR count). The van der Waals surface area contributed by atoms with Crippen molar-refractivity contribution in [3.05, 3.63) is 135 Å². The van der Waals surface area contributed by atoms with Crippen LogP contribution < -0.4 is 4.74 Å². The Morgan fingerprint density at radius 1 is 0.839 bits per heavy atom. The van der Waals surface area contributed by atoms with Crippen LogP contribution in [-0.2, 0) is 9.63 Å². The maximum atomic E-state index is 14.7. The Kier molecular flexibility index (Phi) is 12.1. The lowest BCUT2D eigenvalue weighted by Crippen LogP contribution is -2.34. The Hall–Kier alpha value is -5.31. The highest BCUT2D eigenvalue weighted by molar-refractivity contribution is 6.20. The number of ketones is 1. The van der Waals surface area contributed by atoms with Crippen molar-refractivity contribution in [2.45, 2.75) is 91.9 Å². The molecule has 5 aromatic rings. The van der Waals surface area contributed by atoms with Crippen molar-refractivity contribution >= 4 is 28.2 Å². The van der Waals surface area contributed by atoms with E-state index in [2.05, 4.69) is 25.1 Å². The average Bonchev–Trinajstić information content (AvgIpc) is 3.47. The molecule has 56 heavy (non-hydrogen) atoms. The van der Waals surface area contributed by atoms with E-state index in [0.29, 0.717) is 22.6 Å². The Morgan fingerprint density at radius 3 is 2.18 bits per heavy atom. The number of nitrogens with zero attached hydrogens (tertiary/aromatic N) is 1. The van der Waals surface area contributed by atoms with E-state index in [9.17, 15) is 27.2 Å². The van der Waals surface area contributed by atoms with E-state index in [4.69, 9.17) is 9.57 Å². The van der Waals surface area contributed by atoms with Crippen molar-refractivity contribution in [1.82, 2.24) is 0 Å². The third-order valence-corrected chi connectivity index (χ3v) is 10.8. The quantitative estimate of drug-likeness (QED) is 0.0350. The van der Waals surface area contributed by atoms with Crippen LogP contribution in [0.4, 0.5) is 17.6 Å². The maximum absolute atomic E-state index is 14.7. The molecule has 0 aliphatic heterocycles. The van der Waals surface area contributed by atoms with Crippen molar-refractivity contribution in [3.63, 3.8) is 0 Å². The Morgan fingerprint density at radius 2 is 1.52 bits per heavy atom. The number of rotatable bonds is 15.